The van der Waals surface area contributed by atoms with Crippen molar-refractivity contribution in [2.24, 2.45) is 0 Å². The van der Waals surface area contributed by atoms with Crippen LogP contribution in [0.1, 0.15) is 28.1 Å². The predicted molar refractivity (Wildman–Crippen MR) is 76.2 cm³/mol. The lowest BCUT2D eigenvalue weighted by atomic mass is 10.1. The molecule has 0 unspecified atom stereocenters. The van der Waals surface area contributed by atoms with E-state index >= 15 is 0 Å². The van der Waals surface area contributed by atoms with Gasteiger partial charge in [-0.15, -0.1) is 11.3 Å². The standard InChI is InChI=1S/C14H18N2OS/c1-4-11-5-6-13(12(15)7-11)17-8-14-16-9(2)10(3)18-14/h5-7H,4,8,15H2,1-3H3. The van der Waals surface area contributed by atoms with Crippen LogP contribution in [-0.4, -0.2) is 4.98 Å². The average Bonchev–Trinajstić information content (AvgIpc) is 2.67. The summed E-state index contributed by atoms with van der Waals surface area (Å²) in [5, 5.41) is 0.990. The van der Waals surface area contributed by atoms with Gasteiger partial charge in [0.1, 0.15) is 17.4 Å². The molecule has 1 aromatic heterocycles. The van der Waals surface area contributed by atoms with E-state index in [1.165, 1.54) is 10.4 Å². The molecule has 0 fully saturated rings. The molecule has 0 spiro atoms. The summed E-state index contributed by atoms with van der Waals surface area (Å²) in [5.41, 5.74) is 8.95. The number of nitrogens with zero attached hydrogens (tertiary/aromatic N) is 1. The number of hydrogen-bond donors (Lipinski definition) is 1. The largest absolute Gasteiger partial charge is 0.484 e. The van der Waals surface area contributed by atoms with E-state index in [9.17, 15) is 0 Å². The number of aryl methyl sites for hydroxylation is 3. The van der Waals surface area contributed by atoms with E-state index in [1.54, 1.807) is 11.3 Å². The molecule has 0 radical (unpaired) electrons. The zero-order valence-electron chi connectivity index (χ0n) is 11.0. The fourth-order valence-electron chi connectivity index (χ4n) is 1.69. The zero-order chi connectivity index (χ0) is 13.1. The van der Waals surface area contributed by atoms with Crippen LogP contribution in [0.25, 0.3) is 0 Å². The van der Waals surface area contributed by atoms with Crippen LogP contribution in [0, 0.1) is 13.8 Å². The molecule has 0 aliphatic rings. The Morgan fingerprint density at radius 1 is 1.33 bits per heavy atom. The molecule has 1 heterocycles. The molecule has 3 nitrogen and oxygen atoms in total. The molecule has 2 N–H and O–H groups in total. The van der Waals surface area contributed by atoms with Crippen molar-refractivity contribution in [1.82, 2.24) is 4.98 Å². The third kappa shape index (κ3) is 2.82. The minimum absolute atomic E-state index is 0.481. The van der Waals surface area contributed by atoms with Crippen LogP contribution < -0.4 is 10.5 Å². The Balaban J connectivity index is 2.06. The Hall–Kier alpha value is -1.55. The van der Waals surface area contributed by atoms with Crippen molar-refractivity contribution in [2.75, 3.05) is 5.73 Å². The highest BCUT2D eigenvalue weighted by Crippen LogP contribution is 2.25. The van der Waals surface area contributed by atoms with E-state index in [4.69, 9.17) is 10.5 Å². The van der Waals surface area contributed by atoms with Crippen molar-refractivity contribution < 1.29 is 4.74 Å². The van der Waals surface area contributed by atoms with Crippen LogP contribution in [0.15, 0.2) is 18.2 Å². The van der Waals surface area contributed by atoms with Crippen molar-refractivity contribution in [3.63, 3.8) is 0 Å². The molecule has 1 aromatic carbocycles. The number of nitrogens with two attached hydrogens (primary N) is 1. The second-order valence-electron chi connectivity index (χ2n) is 4.26. The van der Waals surface area contributed by atoms with Crippen LogP contribution in [0.4, 0.5) is 5.69 Å². The Bertz CT molecular complexity index is 529. The van der Waals surface area contributed by atoms with Gasteiger partial charge in [-0.05, 0) is 38.0 Å². The van der Waals surface area contributed by atoms with Crippen LogP contribution in [0.3, 0.4) is 0 Å². The summed E-state index contributed by atoms with van der Waals surface area (Å²) in [7, 11) is 0. The SMILES string of the molecule is CCc1ccc(OCc2nc(C)c(C)s2)c(N)c1. The number of thiazole rings is 1. The molecule has 0 atom stereocenters. The fourth-order valence-corrected chi connectivity index (χ4v) is 2.54. The van der Waals surface area contributed by atoms with Gasteiger partial charge in [0.25, 0.3) is 0 Å². The number of ether oxygens (including phenoxy) is 1. The first-order chi connectivity index (χ1) is 8.60. The number of nitrogen functional groups attached to an aromatic ring is 1. The molecule has 0 amide bonds. The van der Waals surface area contributed by atoms with Crippen molar-refractivity contribution in [2.45, 2.75) is 33.8 Å². The zero-order valence-corrected chi connectivity index (χ0v) is 11.8. The lowest BCUT2D eigenvalue weighted by Crippen LogP contribution is -1.99. The van der Waals surface area contributed by atoms with Crippen LogP contribution >= 0.6 is 11.3 Å². The second-order valence-corrected chi connectivity index (χ2v) is 5.55. The Kier molecular flexibility index (Phi) is 3.87. The van der Waals surface area contributed by atoms with Gasteiger partial charge in [-0.25, -0.2) is 4.98 Å². The number of rotatable bonds is 4. The monoisotopic (exact) mass is 262 g/mol. The summed E-state index contributed by atoms with van der Waals surface area (Å²) >= 11 is 1.67. The first-order valence-electron chi connectivity index (χ1n) is 6.04. The highest BCUT2D eigenvalue weighted by atomic mass is 32.1. The van der Waals surface area contributed by atoms with Gasteiger partial charge >= 0.3 is 0 Å². The molecule has 96 valence electrons. The first kappa shape index (κ1) is 12.9. The molecular weight excluding hydrogens is 244 g/mol. The van der Waals surface area contributed by atoms with Crippen molar-refractivity contribution in [3.05, 3.63) is 39.3 Å². The summed E-state index contributed by atoms with van der Waals surface area (Å²) in [6.45, 7) is 6.67. The second kappa shape index (κ2) is 5.40. The van der Waals surface area contributed by atoms with Gasteiger partial charge in [-0.2, -0.15) is 0 Å². The minimum atomic E-state index is 0.481. The van der Waals surface area contributed by atoms with E-state index in [2.05, 4.69) is 18.8 Å². The fraction of sp³-hybridized carbons (Fsp3) is 0.357. The van der Waals surface area contributed by atoms with Gasteiger partial charge in [-0.3, -0.25) is 0 Å². The van der Waals surface area contributed by atoms with E-state index in [-0.39, 0.29) is 0 Å². The number of benzene rings is 1. The third-order valence-electron chi connectivity index (χ3n) is 2.91. The number of hydrogen-bond acceptors (Lipinski definition) is 4. The normalized spacial score (nSPS) is 10.6. The molecule has 0 bridgehead atoms. The van der Waals surface area contributed by atoms with Crippen LogP contribution in [0.5, 0.6) is 5.75 Å². The van der Waals surface area contributed by atoms with E-state index in [1.807, 2.05) is 25.1 Å². The average molecular weight is 262 g/mol. The summed E-state index contributed by atoms with van der Waals surface area (Å²) in [4.78, 5) is 5.68. The summed E-state index contributed by atoms with van der Waals surface area (Å²) in [6, 6.07) is 5.94. The highest BCUT2D eigenvalue weighted by Gasteiger charge is 2.06. The molecule has 0 aliphatic heterocycles. The van der Waals surface area contributed by atoms with Gasteiger partial charge in [0.2, 0.25) is 0 Å². The van der Waals surface area contributed by atoms with Gasteiger partial charge in [-0.1, -0.05) is 13.0 Å². The maximum Gasteiger partial charge on any atom is 0.142 e. The van der Waals surface area contributed by atoms with Gasteiger partial charge in [0, 0.05) is 4.88 Å². The molecule has 0 saturated heterocycles. The molecule has 2 rings (SSSR count). The molecular formula is C14H18N2OS. The number of aromatic nitrogens is 1. The maximum absolute atomic E-state index is 5.95. The summed E-state index contributed by atoms with van der Waals surface area (Å²) in [6.07, 6.45) is 0.981. The lowest BCUT2D eigenvalue weighted by molar-refractivity contribution is 0.307. The lowest BCUT2D eigenvalue weighted by Gasteiger charge is -2.08. The Morgan fingerprint density at radius 3 is 2.67 bits per heavy atom. The molecule has 18 heavy (non-hydrogen) atoms. The van der Waals surface area contributed by atoms with Gasteiger partial charge in [0.05, 0.1) is 11.4 Å². The van der Waals surface area contributed by atoms with Crippen LogP contribution in [-0.2, 0) is 13.0 Å². The topological polar surface area (TPSA) is 48.1 Å². The summed E-state index contributed by atoms with van der Waals surface area (Å²) < 4.78 is 5.71. The molecule has 2 aromatic rings. The van der Waals surface area contributed by atoms with Crippen molar-refractivity contribution in [3.8, 4) is 5.75 Å². The van der Waals surface area contributed by atoms with Gasteiger partial charge < -0.3 is 10.5 Å². The van der Waals surface area contributed by atoms with E-state index in [0.717, 1.165) is 22.9 Å². The maximum atomic E-state index is 5.95. The number of anilines is 1. The van der Waals surface area contributed by atoms with Crippen molar-refractivity contribution >= 4 is 17.0 Å². The summed E-state index contributed by atoms with van der Waals surface area (Å²) in [5.74, 6) is 0.734. The first-order valence-corrected chi connectivity index (χ1v) is 6.86. The Morgan fingerprint density at radius 2 is 2.11 bits per heavy atom. The third-order valence-corrected chi connectivity index (χ3v) is 3.95. The molecule has 4 heteroatoms. The molecule has 0 aliphatic carbocycles. The van der Waals surface area contributed by atoms with E-state index < -0.39 is 0 Å². The smallest absolute Gasteiger partial charge is 0.142 e. The predicted octanol–water partition coefficient (Wildman–Crippen LogP) is 3.48. The highest BCUT2D eigenvalue weighted by molar-refractivity contribution is 7.11. The van der Waals surface area contributed by atoms with Gasteiger partial charge in [0.15, 0.2) is 0 Å². The van der Waals surface area contributed by atoms with Crippen LogP contribution in [0.2, 0.25) is 0 Å². The Labute approximate surface area is 112 Å². The molecule has 0 saturated carbocycles. The quantitative estimate of drug-likeness (QED) is 0.858. The van der Waals surface area contributed by atoms with E-state index in [0.29, 0.717) is 12.3 Å². The minimum Gasteiger partial charge on any atom is -0.484 e. The van der Waals surface area contributed by atoms with Crippen molar-refractivity contribution in [1.29, 1.82) is 0 Å².